The number of nitrogens with one attached hydrogen (secondary N) is 1. The minimum absolute atomic E-state index is 0.0519. The molecule has 0 unspecified atom stereocenters. The Morgan fingerprint density at radius 2 is 1.79 bits per heavy atom. The van der Waals surface area contributed by atoms with Crippen LogP contribution < -0.4 is 5.32 Å². The summed E-state index contributed by atoms with van der Waals surface area (Å²) in [6, 6.07) is 2.89. The number of ether oxygens (including phenoxy) is 1. The van der Waals surface area contributed by atoms with Gasteiger partial charge in [0.05, 0.1) is 12.6 Å². The van der Waals surface area contributed by atoms with E-state index in [1.54, 1.807) is 6.92 Å². The molecule has 1 aromatic rings. The van der Waals surface area contributed by atoms with Crippen LogP contribution in [0.4, 0.5) is 8.78 Å². The number of hydrogen-bond acceptors (Lipinski definition) is 4. The zero-order valence-electron chi connectivity index (χ0n) is 16.6. The van der Waals surface area contributed by atoms with E-state index in [-0.39, 0.29) is 23.4 Å². The summed E-state index contributed by atoms with van der Waals surface area (Å²) in [5, 5.41) is 2.86. The minimum Gasteiger partial charge on any atom is -0.370 e. The fourth-order valence-electron chi connectivity index (χ4n) is 4.60. The molecule has 1 N–H and O–H groups in total. The Bertz CT molecular complexity index is 855. The summed E-state index contributed by atoms with van der Waals surface area (Å²) in [7, 11) is 0. The molecule has 1 fully saturated rings. The SMILES string of the molecule is CC(=O)N[C@H]1C[C@@H](N2CC3=C(CN(C(C)=O)C3)C2)CO[C@@H]1c1cc(F)ccc1F. The number of benzene rings is 1. The van der Waals surface area contributed by atoms with Crippen molar-refractivity contribution in [2.24, 2.45) is 0 Å². The summed E-state index contributed by atoms with van der Waals surface area (Å²) in [5.74, 6) is -1.24. The lowest BCUT2D eigenvalue weighted by atomic mass is 9.92. The van der Waals surface area contributed by atoms with Crippen LogP contribution in [0.3, 0.4) is 0 Å². The van der Waals surface area contributed by atoms with Gasteiger partial charge in [0, 0.05) is 51.6 Å². The van der Waals surface area contributed by atoms with Crippen molar-refractivity contribution in [3.8, 4) is 0 Å². The summed E-state index contributed by atoms with van der Waals surface area (Å²) in [6.45, 7) is 6.22. The quantitative estimate of drug-likeness (QED) is 0.779. The lowest BCUT2D eigenvalue weighted by molar-refractivity contribution is -0.127. The van der Waals surface area contributed by atoms with Crippen molar-refractivity contribution in [3.05, 3.63) is 46.5 Å². The molecular weight excluding hydrogens is 380 g/mol. The van der Waals surface area contributed by atoms with E-state index in [1.807, 2.05) is 4.90 Å². The molecule has 3 aliphatic rings. The minimum atomic E-state index is -0.735. The number of nitrogens with zero attached hydrogens (tertiary/aromatic N) is 2. The highest BCUT2D eigenvalue weighted by Gasteiger charge is 2.40. The van der Waals surface area contributed by atoms with E-state index >= 15 is 0 Å². The van der Waals surface area contributed by atoms with Crippen LogP contribution in [0.25, 0.3) is 0 Å². The van der Waals surface area contributed by atoms with Gasteiger partial charge < -0.3 is 15.0 Å². The lowest BCUT2D eigenvalue weighted by Crippen LogP contribution is -2.52. The Morgan fingerprint density at radius 1 is 1.10 bits per heavy atom. The van der Waals surface area contributed by atoms with Crippen molar-refractivity contribution >= 4 is 11.8 Å². The third-order valence-corrected chi connectivity index (χ3v) is 6.03. The van der Waals surface area contributed by atoms with Crippen LogP contribution in [0.15, 0.2) is 29.3 Å². The molecule has 3 heterocycles. The summed E-state index contributed by atoms with van der Waals surface area (Å²) >= 11 is 0. The first-order chi connectivity index (χ1) is 13.8. The smallest absolute Gasteiger partial charge is 0.220 e. The molecule has 29 heavy (non-hydrogen) atoms. The molecule has 6 nitrogen and oxygen atoms in total. The van der Waals surface area contributed by atoms with Gasteiger partial charge in [-0.1, -0.05) is 0 Å². The van der Waals surface area contributed by atoms with E-state index < -0.39 is 23.8 Å². The lowest BCUT2D eigenvalue weighted by Gasteiger charge is -2.41. The van der Waals surface area contributed by atoms with Gasteiger partial charge in [0.2, 0.25) is 11.8 Å². The zero-order valence-corrected chi connectivity index (χ0v) is 16.6. The zero-order chi connectivity index (χ0) is 20.7. The average molecular weight is 405 g/mol. The number of carbonyl (C=O) groups is 2. The molecule has 0 saturated carbocycles. The van der Waals surface area contributed by atoms with Crippen LogP contribution in [-0.4, -0.2) is 66.5 Å². The third kappa shape index (κ3) is 4.04. The van der Waals surface area contributed by atoms with Gasteiger partial charge in [0.25, 0.3) is 0 Å². The fraction of sp³-hybridized carbons (Fsp3) is 0.524. The molecule has 1 saturated heterocycles. The van der Waals surface area contributed by atoms with Crippen LogP contribution in [0.1, 0.15) is 31.9 Å². The van der Waals surface area contributed by atoms with Gasteiger partial charge in [-0.05, 0) is 35.8 Å². The Kier molecular flexibility index (Phi) is 5.40. The second-order valence-corrected chi connectivity index (χ2v) is 8.10. The van der Waals surface area contributed by atoms with E-state index in [9.17, 15) is 18.4 Å². The van der Waals surface area contributed by atoms with E-state index in [0.29, 0.717) is 26.1 Å². The van der Waals surface area contributed by atoms with E-state index in [1.165, 1.54) is 18.1 Å². The van der Waals surface area contributed by atoms with Gasteiger partial charge in [-0.15, -0.1) is 0 Å². The van der Waals surface area contributed by atoms with Crippen LogP contribution in [-0.2, 0) is 14.3 Å². The molecule has 2 amide bonds. The molecule has 0 radical (unpaired) electrons. The summed E-state index contributed by atoms with van der Waals surface area (Å²) < 4.78 is 34.0. The molecule has 8 heteroatoms. The predicted octanol–water partition coefficient (Wildman–Crippen LogP) is 1.77. The van der Waals surface area contributed by atoms with Crippen molar-refractivity contribution in [3.63, 3.8) is 0 Å². The molecular formula is C21H25F2N3O3. The van der Waals surface area contributed by atoms with E-state index in [4.69, 9.17) is 4.74 Å². The maximum atomic E-state index is 14.3. The van der Waals surface area contributed by atoms with Crippen LogP contribution in [0, 0.1) is 11.6 Å². The van der Waals surface area contributed by atoms with Gasteiger partial charge in [0.1, 0.15) is 17.7 Å². The number of halogens is 2. The molecule has 0 bridgehead atoms. The van der Waals surface area contributed by atoms with Crippen molar-refractivity contribution in [1.29, 1.82) is 0 Å². The molecule has 1 aromatic carbocycles. The number of amides is 2. The summed E-state index contributed by atoms with van der Waals surface area (Å²) in [5.41, 5.74) is 2.67. The fourth-order valence-corrected chi connectivity index (χ4v) is 4.60. The molecule has 0 spiro atoms. The highest BCUT2D eigenvalue weighted by molar-refractivity contribution is 5.75. The maximum Gasteiger partial charge on any atom is 0.220 e. The highest BCUT2D eigenvalue weighted by atomic mass is 19.1. The average Bonchev–Trinajstić information content (AvgIpc) is 3.23. The number of hydrogen-bond donors (Lipinski definition) is 1. The Hall–Kier alpha value is -2.32. The predicted molar refractivity (Wildman–Crippen MR) is 102 cm³/mol. The summed E-state index contributed by atoms with van der Waals surface area (Å²) in [4.78, 5) is 27.5. The van der Waals surface area contributed by atoms with Gasteiger partial charge >= 0.3 is 0 Å². The summed E-state index contributed by atoms with van der Waals surface area (Å²) in [6.07, 6.45) is -0.154. The largest absolute Gasteiger partial charge is 0.370 e. The molecule has 3 atom stereocenters. The van der Waals surface area contributed by atoms with Crippen molar-refractivity contribution in [1.82, 2.24) is 15.1 Å². The van der Waals surface area contributed by atoms with Gasteiger partial charge in [0.15, 0.2) is 0 Å². The third-order valence-electron chi connectivity index (χ3n) is 6.03. The molecule has 3 aliphatic heterocycles. The number of rotatable bonds is 3. The highest BCUT2D eigenvalue weighted by Crippen LogP contribution is 2.35. The second kappa shape index (κ2) is 7.84. The topological polar surface area (TPSA) is 61.9 Å². The Balaban J connectivity index is 1.46. The molecule has 0 aliphatic carbocycles. The van der Waals surface area contributed by atoms with E-state index in [2.05, 4.69) is 10.2 Å². The van der Waals surface area contributed by atoms with Crippen LogP contribution >= 0.6 is 0 Å². The van der Waals surface area contributed by atoms with Crippen LogP contribution in [0.2, 0.25) is 0 Å². The first kappa shape index (κ1) is 20.0. The second-order valence-electron chi connectivity index (χ2n) is 8.10. The molecule has 156 valence electrons. The van der Waals surface area contributed by atoms with Crippen molar-refractivity contribution in [2.75, 3.05) is 32.8 Å². The van der Waals surface area contributed by atoms with E-state index in [0.717, 1.165) is 31.3 Å². The first-order valence-electron chi connectivity index (χ1n) is 9.84. The Morgan fingerprint density at radius 3 is 2.41 bits per heavy atom. The monoisotopic (exact) mass is 405 g/mol. The van der Waals surface area contributed by atoms with Gasteiger partial charge in [-0.25, -0.2) is 8.78 Å². The molecule has 4 rings (SSSR count). The van der Waals surface area contributed by atoms with Crippen LogP contribution in [0.5, 0.6) is 0 Å². The van der Waals surface area contributed by atoms with Crippen molar-refractivity contribution < 1.29 is 23.1 Å². The standard InChI is InChI=1S/C21H25F2N3O3/c1-12(27)24-20-6-17(11-29-21(20)18-5-16(22)3-4-19(18)23)26-9-14-7-25(13(2)28)8-15(14)10-26/h3-5,17,20-21H,6-11H2,1-2H3,(H,24,27)/t17-,20+,21-/m1/s1. The first-order valence-corrected chi connectivity index (χ1v) is 9.84. The number of carbonyl (C=O) groups excluding carboxylic acids is 2. The molecule has 0 aromatic heterocycles. The Labute approximate surface area is 168 Å². The maximum absolute atomic E-state index is 14.3. The van der Waals surface area contributed by atoms with Crippen molar-refractivity contribution in [2.45, 2.75) is 38.5 Å². The van der Waals surface area contributed by atoms with Gasteiger partial charge in [-0.2, -0.15) is 0 Å². The normalized spacial score (nSPS) is 27.3. The van der Waals surface area contributed by atoms with Gasteiger partial charge in [-0.3, -0.25) is 14.5 Å².